The second kappa shape index (κ2) is 11.6. The molecule has 2 aromatic carbocycles. The lowest BCUT2D eigenvalue weighted by molar-refractivity contribution is -0.121. The molecule has 0 atom stereocenters. The van der Waals surface area contributed by atoms with Crippen molar-refractivity contribution in [3.05, 3.63) is 65.7 Å². The molecule has 1 heterocycles. The van der Waals surface area contributed by atoms with Crippen molar-refractivity contribution in [3.63, 3.8) is 0 Å². The van der Waals surface area contributed by atoms with Gasteiger partial charge in [-0.25, -0.2) is 13.2 Å². The third-order valence-electron chi connectivity index (χ3n) is 5.31. The number of carbonyl (C=O) groups is 2. The molecule has 0 spiro atoms. The fraction of sp³-hybridized carbons (Fsp3) is 0.391. The van der Waals surface area contributed by atoms with E-state index in [0.29, 0.717) is 25.2 Å². The van der Waals surface area contributed by atoms with Gasteiger partial charge in [-0.05, 0) is 30.0 Å². The van der Waals surface area contributed by atoms with Crippen molar-refractivity contribution >= 4 is 22.0 Å². The number of rotatable bonds is 9. The summed E-state index contributed by atoms with van der Waals surface area (Å²) in [5.74, 6) is -0.265. The van der Waals surface area contributed by atoms with Gasteiger partial charge in [-0.1, -0.05) is 55.0 Å². The molecule has 0 unspecified atom stereocenters. The first-order valence-electron chi connectivity index (χ1n) is 10.9. The van der Waals surface area contributed by atoms with Gasteiger partial charge in [0.25, 0.3) is 0 Å². The van der Waals surface area contributed by atoms with Crippen molar-refractivity contribution < 1.29 is 18.0 Å². The van der Waals surface area contributed by atoms with E-state index >= 15 is 0 Å². The predicted octanol–water partition coefficient (Wildman–Crippen LogP) is 2.37. The first-order valence-corrected chi connectivity index (χ1v) is 12.3. The number of piperidine rings is 1. The molecule has 2 aromatic rings. The molecule has 3 N–H and O–H groups in total. The van der Waals surface area contributed by atoms with Gasteiger partial charge in [0.05, 0.1) is 4.90 Å². The fourth-order valence-corrected chi connectivity index (χ4v) is 5.30. The van der Waals surface area contributed by atoms with Crippen LogP contribution in [0.4, 0.5) is 4.79 Å². The summed E-state index contributed by atoms with van der Waals surface area (Å²) in [6, 6.07) is 15.9. The minimum Gasteiger partial charge on any atom is -0.352 e. The summed E-state index contributed by atoms with van der Waals surface area (Å²) in [5, 5.41) is 8.13. The minimum atomic E-state index is -3.58. The zero-order chi connectivity index (χ0) is 22.8. The normalized spacial score (nSPS) is 14.5. The number of benzene rings is 2. The molecule has 1 aliphatic heterocycles. The van der Waals surface area contributed by atoms with Crippen LogP contribution in [0.3, 0.4) is 0 Å². The Kier molecular flexibility index (Phi) is 8.64. The van der Waals surface area contributed by atoms with Crippen LogP contribution in [0.2, 0.25) is 0 Å². The standard InChI is InChI=1S/C23H30N4O4S/c28-22(13-14-24-23(29)26-17-19-9-3-1-4-10-19)25-18-20-11-5-6-12-21(20)32(30,31)27-15-7-2-8-16-27/h1,3-6,9-12H,2,7-8,13-18H2,(H,25,28)(H2,24,26,29). The molecule has 0 radical (unpaired) electrons. The number of nitrogens with zero attached hydrogens (tertiary/aromatic N) is 1. The predicted molar refractivity (Wildman–Crippen MR) is 122 cm³/mol. The van der Waals surface area contributed by atoms with E-state index in [-0.39, 0.29) is 36.3 Å². The molecular formula is C23H30N4O4S. The highest BCUT2D eigenvalue weighted by Crippen LogP contribution is 2.23. The highest BCUT2D eigenvalue weighted by Gasteiger charge is 2.27. The summed E-state index contributed by atoms with van der Waals surface area (Å²) < 4.78 is 27.6. The van der Waals surface area contributed by atoms with Gasteiger partial charge in [-0.15, -0.1) is 0 Å². The third kappa shape index (κ3) is 6.80. The van der Waals surface area contributed by atoms with Crippen molar-refractivity contribution in [2.24, 2.45) is 0 Å². The van der Waals surface area contributed by atoms with Crippen LogP contribution in [0.1, 0.15) is 36.8 Å². The summed E-state index contributed by atoms with van der Waals surface area (Å²) in [4.78, 5) is 24.3. The SMILES string of the molecule is O=C(CCNC(=O)NCc1ccccc1)NCc1ccccc1S(=O)(=O)N1CCCCC1. The van der Waals surface area contributed by atoms with E-state index < -0.39 is 10.0 Å². The van der Waals surface area contributed by atoms with Crippen LogP contribution in [-0.2, 0) is 27.9 Å². The Balaban J connectivity index is 1.44. The van der Waals surface area contributed by atoms with Gasteiger partial charge < -0.3 is 16.0 Å². The number of carbonyl (C=O) groups excluding carboxylic acids is 2. The van der Waals surface area contributed by atoms with Crippen molar-refractivity contribution in [2.45, 2.75) is 43.7 Å². The Hall–Kier alpha value is -2.91. The summed E-state index contributed by atoms with van der Waals surface area (Å²) in [5.41, 5.74) is 1.54. The molecule has 1 saturated heterocycles. The molecule has 8 nitrogen and oxygen atoms in total. The molecule has 0 bridgehead atoms. The molecule has 32 heavy (non-hydrogen) atoms. The van der Waals surface area contributed by atoms with Crippen LogP contribution >= 0.6 is 0 Å². The summed E-state index contributed by atoms with van der Waals surface area (Å²) in [6.45, 7) is 1.76. The zero-order valence-corrected chi connectivity index (χ0v) is 18.9. The lowest BCUT2D eigenvalue weighted by Gasteiger charge is -2.26. The lowest BCUT2D eigenvalue weighted by Crippen LogP contribution is -2.38. The smallest absolute Gasteiger partial charge is 0.315 e. The van der Waals surface area contributed by atoms with Gasteiger partial charge in [-0.3, -0.25) is 4.79 Å². The number of nitrogens with one attached hydrogen (secondary N) is 3. The molecule has 0 aliphatic carbocycles. The maximum absolute atomic E-state index is 13.0. The van der Waals surface area contributed by atoms with E-state index in [2.05, 4.69) is 16.0 Å². The average molecular weight is 459 g/mol. The van der Waals surface area contributed by atoms with Crippen molar-refractivity contribution in [3.8, 4) is 0 Å². The molecule has 172 valence electrons. The fourth-order valence-electron chi connectivity index (χ4n) is 3.56. The maximum Gasteiger partial charge on any atom is 0.315 e. The first-order chi connectivity index (χ1) is 15.5. The molecule has 9 heteroatoms. The number of urea groups is 1. The van der Waals surface area contributed by atoms with Crippen LogP contribution in [0.25, 0.3) is 0 Å². The number of hydrogen-bond donors (Lipinski definition) is 3. The van der Waals surface area contributed by atoms with Crippen molar-refractivity contribution in [2.75, 3.05) is 19.6 Å². The minimum absolute atomic E-state index is 0.0970. The zero-order valence-electron chi connectivity index (χ0n) is 18.0. The topological polar surface area (TPSA) is 108 Å². The maximum atomic E-state index is 13.0. The van der Waals surface area contributed by atoms with Gasteiger partial charge in [-0.2, -0.15) is 4.31 Å². The molecule has 3 rings (SSSR count). The van der Waals surface area contributed by atoms with E-state index in [9.17, 15) is 18.0 Å². The third-order valence-corrected chi connectivity index (χ3v) is 7.31. The van der Waals surface area contributed by atoms with Gasteiger partial charge >= 0.3 is 6.03 Å². The van der Waals surface area contributed by atoms with Crippen LogP contribution in [0.5, 0.6) is 0 Å². The highest BCUT2D eigenvalue weighted by atomic mass is 32.2. The first kappa shape index (κ1) is 23.7. The van der Waals surface area contributed by atoms with Crippen molar-refractivity contribution in [1.29, 1.82) is 0 Å². The molecule has 1 fully saturated rings. The summed E-state index contributed by atoms with van der Waals surface area (Å²) in [7, 11) is -3.58. The van der Waals surface area contributed by atoms with Gasteiger partial charge in [0.2, 0.25) is 15.9 Å². The van der Waals surface area contributed by atoms with E-state index in [4.69, 9.17) is 0 Å². The van der Waals surface area contributed by atoms with Crippen LogP contribution in [0.15, 0.2) is 59.5 Å². The summed E-state index contributed by atoms with van der Waals surface area (Å²) >= 11 is 0. The van der Waals surface area contributed by atoms with E-state index in [1.807, 2.05) is 30.3 Å². The Morgan fingerprint density at radius 1 is 0.812 bits per heavy atom. The number of amides is 3. The number of sulfonamides is 1. The van der Waals surface area contributed by atoms with E-state index in [1.54, 1.807) is 24.3 Å². The van der Waals surface area contributed by atoms with Crippen LogP contribution in [-0.4, -0.2) is 44.3 Å². The lowest BCUT2D eigenvalue weighted by atomic mass is 10.2. The van der Waals surface area contributed by atoms with Crippen LogP contribution in [0, 0.1) is 0 Å². The monoisotopic (exact) mass is 458 g/mol. The van der Waals surface area contributed by atoms with E-state index in [1.165, 1.54) is 4.31 Å². The Morgan fingerprint density at radius 2 is 1.50 bits per heavy atom. The Labute approximate surface area is 189 Å². The highest BCUT2D eigenvalue weighted by molar-refractivity contribution is 7.89. The van der Waals surface area contributed by atoms with E-state index in [0.717, 1.165) is 24.8 Å². The summed E-state index contributed by atoms with van der Waals surface area (Å²) in [6.07, 6.45) is 2.87. The molecule has 0 aromatic heterocycles. The molecular weight excluding hydrogens is 428 g/mol. The second-order valence-corrected chi connectivity index (χ2v) is 9.60. The van der Waals surface area contributed by atoms with Gasteiger partial charge in [0.15, 0.2) is 0 Å². The second-order valence-electron chi connectivity index (χ2n) is 7.69. The van der Waals surface area contributed by atoms with Gasteiger partial charge in [0.1, 0.15) is 0 Å². The molecule has 3 amide bonds. The number of hydrogen-bond acceptors (Lipinski definition) is 4. The Morgan fingerprint density at radius 3 is 2.25 bits per heavy atom. The van der Waals surface area contributed by atoms with Crippen molar-refractivity contribution in [1.82, 2.24) is 20.3 Å². The largest absolute Gasteiger partial charge is 0.352 e. The van der Waals surface area contributed by atoms with Crippen LogP contribution < -0.4 is 16.0 Å². The quantitative estimate of drug-likeness (QED) is 0.536. The van der Waals surface area contributed by atoms with Gasteiger partial charge in [0, 0.05) is 39.1 Å². The Bertz CT molecular complexity index is 1010. The average Bonchev–Trinajstić information content (AvgIpc) is 2.83. The molecule has 0 saturated carbocycles. The molecule has 1 aliphatic rings.